The highest BCUT2D eigenvalue weighted by molar-refractivity contribution is 5.97. The third kappa shape index (κ3) is 3.81. The molecule has 218 valence electrons. The third-order valence-electron chi connectivity index (χ3n) is 10.2. The lowest BCUT2D eigenvalue weighted by molar-refractivity contribution is 0.739. The zero-order valence-electron chi connectivity index (χ0n) is 25.2. The van der Waals surface area contributed by atoms with Crippen LogP contribution in [0.5, 0.6) is 0 Å². The predicted octanol–water partition coefficient (Wildman–Crippen LogP) is 10.5. The molecule has 6 aromatic rings. The van der Waals surface area contributed by atoms with Gasteiger partial charge in [0.05, 0.1) is 23.3 Å². The van der Waals surface area contributed by atoms with Gasteiger partial charge in [-0.25, -0.2) is 4.98 Å². The highest BCUT2D eigenvalue weighted by Gasteiger charge is 2.40. The fourth-order valence-electron chi connectivity index (χ4n) is 8.17. The number of rotatable bonds is 3. The summed E-state index contributed by atoms with van der Waals surface area (Å²) >= 11 is 0. The number of anilines is 4. The number of fused-ring (bicyclic) bond motifs is 8. The molecule has 3 heterocycles. The van der Waals surface area contributed by atoms with Crippen molar-refractivity contribution in [3.8, 4) is 11.3 Å². The van der Waals surface area contributed by atoms with E-state index in [4.69, 9.17) is 4.98 Å². The fourth-order valence-corrected chi connectivity index (χ4v) is 8.17. The minimum atomic E-state index is 0.220. The lowest BCUT2D eigenvalue weighted by atomic mass is 9.91. The maximum atomic E-state index is 5.30. The quantitative estimate of drug-likeness (QED) is 0.191. The van der Waals surface area contributed by atoms with Crippen molar-refractivity contribution in [2.24, 2.45) is 0 Å². The number of nitrogens with zero attached hydrogens (tertiary/aromatic N) is 3. The van der Waals surface area contributed by atoms with Crippen LogP contribution < -0.4 is 9.80 Å². The Kier molecular flexibility index (Phi) is 5.53. The number of para-hydroxylation sites is 2. The van der Waals surface area contributed by atoms with E-state index in [0.717, 1.165) is 22.2 Å². The Morgan fingerprint density at radius 3 is 1.63 bits per heavy atom. The number of allylic oxidation sites excluding steroid dienone is 4. The second-order valence-electron chi connectivity index (χ2n) is 12.8. The molecule has 4 aliphatic rings. The highest BCUT2D eigenvalue weighted by atomic mass is 15.2. The summed E-state index contributed by atoms with van der Waals surface area (Å²) in [4.78, 5) is 10.4. The van der Waals surface area contributed by atoms with Crippen molar-refractivity contribution >= 4 is 44.4 Å². The average molecular weight is 590 g/mol. The summed E-state index contributed by atoms with van der Waals surface area (Å²) in [6.07, 6.45) is 18.2. The molecule has 46 heavy (non-hydrogen) atoms. The van der Waals surface area contributed by atoms with E-state index in [9.17, 15) is 0 Å². The zero-order valence-corrected chi connectivity index (χ0v) is 25.2. The third-order valence-corrected chi connectivity index (χ3v) is 10.2. The standard InChI is InChI=1S/C43H31N3/c1-2-12-29-26-39-30(23-28(29)11-1)21-22-38(44-39)31-24-32(45-40-17-7-3-13-34(40)35-14-4-8-18-41(35)45)27-33(25-31)46-42-19-9-5-15-36(42)37-16-6-10-20-43(37)46/h1-27,34,36,40,42H. The molecule has 0 saturated carbocycles. The first-order valence-corrected chi connectivity index (χ1v) is 16.2. The monoisotopic (exact) mass is 589 g/mol. The molecule has 0 radical (unpaired) electrons. The van der Waals surface area contributed by atoms with Crippen molar-refractivity contribution in [3.63, 3.8) is 0 Å². The second kappa shape index (κ2) is 9.92. The van der Waals surface area contributed by atoms with Crippen molar-refractivity contribution in [1.82, 2.24) is 4.98 Å². The Morgan fingerprint density at radius 2 is 1.00 bits per heavy atom. The van der Waals surface area contributed by atoms with Gasteiger partial charge in [0.1, 0.15) is 0 Å². The molecule has 0 bridgehead atoms. The van der Waals surface area contributed by atoms with Crippen LogP contribution in [0, 0.1) is 0 Å². The fraction of sp³-hybridized carbons (Fsp3) is 0.0930. The normalized spacial score (nSPS) is 21.9. The lowest BCUT2D eigenvalue weighted by Gasteiger charge is -2.33. The molecule has 0 spiro atoms. The van der Waals surface area contributed by atoms with Gasteiger partial charge in [0, 0.05) is 45.5 Å². The van der Waals surface area contributed by atoms with E-state index in [1.807, 2.05) is 0 Å². The van der Waals surface area contributed by atoms with Crippen molar-refractivity contribution < 1.29 is 0 Å². The molecule has 4 unspecified atom stereocenters. The molecule has 0 amide bonds. The maximum absolute atomic E-state index is 5.30. The predicted molar refractivity (Wildman–Crippen MR) is 191 cm³/mol. The van der Waals surface area contributed by atoms with Crippen LogP contribution >= 0.6 is 0 Å². The first-order chi connectivity index (χ1) is 22.8. The van der Waals surface area contributed by atoms with Crippen molar-refractivity contribution in [3.05, 3.63) is 175 Å². The smallest absolute Gasteiger partial charge is 0.0715 e. The van der Waals surface area contributed by atoms with Crippen LogP contribution in [0.1, 0.15) is 23.0 Å². The minimum Gasteiger partial charge on any atom is -0.333 e. The van der Waals surface area contributed by atoms with Gasteiger partial charge in [-0.3, -0.25) is 0 Å². The summed E-state index contributed by atoms with van der Waals surface area (Å²) in [5.41, 5.74) is 10.8. The van der Waals surface area contributed by atoms with Crippen LogP contribution in [0.3, 0.4) is 0 Å². The maximum Gasteiger partial charge on any atom is 0.0715 e. The Bertz CT molecular complexity index is 2220. The topological polar surface area (TPSA) is 19.4 Å². The van der Waals surface area contributed by atoms with Gasteiger partial charge in [0.15, 0.2) is 0 Å². The van der Waals surface area contributed by atoms with Gasteiger partial charge in [0.25, 0.3) is 0 Å². The number of hydrogen-bond donors (Lipinski definition) is 0. The SMILES string of the molecule is C1=CC2c3ccccc3N(c3cc(-c4ccc5cc6ccccc6cc5n4)cc(N4c5ccccc5C5C=CC=CC54)c3)C2C=C1. The minimum absolute atomic E-state index is 0.220. The first-order valence-electron chi connectivity index (χ1n) is 16.2. The molecule has 4 atom stereocenters. The first kappa shape index (κ1) is 25.6. The summed E-state index contributed by atoms with van der Waals surface area (Å²) in [6, 6.07) is 42.7. The van der Waals surface area contributed by atoms with Crippen LogP contribution in [-0.4, -0.2) is 17.1 Å². The van der Waals surface area contributed by atoms with E-state index in [1.165, 1.54) is 44.6 Å². The van der Waals surface area contributed by atoms with Crippen molar-refractivity contribution in [1.29, 1.82) is 0 Å². The van der Waals surface area contributed by atoms with Gasteiger partial charge in [-0.15, -0.1) is 0 Å². The van der Waals surface area contributed by atoms with E-state index in [0.29, 0.717) is 11.8 Å². The van der Waals surface area contributed by atoms with E-state index < -0.39 is 0 Å². The van der Waals surface area contributed by atoms with Crippen molar-refractivity contribution in [2.75, 3.05) is 9.80 Å². The molecule has 10 rings (SSSR count). The second-order valence-corrected chi connectivity index (χ2v) is 12.8. The Balaban J connectivity index is 1.19. The number of benzene rings is 5. The Labute approximate surface area is 268 Å². The number of aromatic nitrogens is 1. The largest absolute Gasteiger partial charge is 0.333 e. The summed E-state index contributed by atoms with van der Waals surface area (Å²) in [6.45, 7) is 0. The highest BCUT2D eigenvalue weighted by Crippen LogP contribution is 2.52. The van der Waals surface area contributed by atoms with Crippen LogP contribution in [-0.2, 0) is 0 Å². The molecule has 3 nitrogen and oxygen atoms in total. The number of hydrogen-bond acceptors (Lipinski definition) is 3. The Hall–Kier alpha value is -5.67. The van der Waals surface area contributed by atoms with Gasteiger partial charge in [0.2, 0.25) is 0 Å². The summed E-state index contributed by atoms with van der Waals surface area (Å²) in [5.74, 6) is 0.646. The number of pyridine rings is 1. The molecule has 1 aromatic heterocycles. The molecule has 3 heteroatoms. The molecule has 0 saturated heterocycles. The van der Waals surface area contributed by atoms with E-state index >= 15 is 0 Å². The van der Waals surface area contributed by atoms with Crippen molar-refractivity contribution in [2.45, 2.75) is 23.9 Å². The summed E-state index contributed by atoms with van der Waals surface area (Å²) in [7, 11) is 0. The van der Waals surface area contributed by atoms with E-state index in [-0.39, 0.29) is 12.1 Å². The van der Waals surface area contributed by atoms with Crippen LogP contribution in [0.25, 0.3) is 32.9 Å². The van der Waals surface area contributed by atoms with E-state index in [1.54, 1.807) is 0 Å². The van der Waals surface area contributed by atoms with Crippen LogP contribution in [0.2, 0.25) is 0 Å². The van der Waals surface area contributed by atoms with Gasteiger partial charge >= 0.3 is 0 Å². The van der Waals surface area contributed by atoms with Crippen LogP contribution in [0.15, 0.2) is 164 Å². The van der Waals surface area contributed by atoms with Gasteiger partial charge in [-0.1, -0.05) is 115 Å². The van der Waals surface area contributed by atoms with Gasteiger partial charge < -0.3 is 9.80 Å². The molecule has 0 fully saturated rings. The van der Waals surface area contributed by atoms with Gasteiger partial charge in [-0.05, 0) is 70.4 Å². The molecule has 2 aliphatic heterocycles. The summed E-state index contributed by atoms with van der Waals surface area (Å²) < 4.78 is 0. The molecule has 0 N–H and O–H groups in total. The Morgan fingerprint density at radius 1 is 0.457 bits per heavy atom. The average Bonchev–Trinajstić information content (AvgIpc) is 3.63. The molecule has 2 aliphatic carbocycles. The molecular weight excluding hydrogens is 558 g/mol. The zero-order chi connectivity index (χ0) is 30.2. The van der Waals surface area contributed by atoms with Gasteiger partial charge in [-0.2, -0.15) is 0 Å². The lowest BCUT2D eigenvalue weighted by Crippen LogP contribution is -2.30. The molecular formula is C43H31N3. The van der Waals surface area contributed by atoms with Crippen LogP contribution in [0.4, 0.5) is 22.7 Å². The van der Waals surface area contributed by atoms with E-state index in [2.05, 4.69) is 174 Å². The summed E-state index contributed by atoms with van der Waals surface area (Å²) in [5, 5.41) is 3.61. The molecule has 5 aromatic carbocycles.